The van der Waals surface area contributed by atoms with E-state index in [-0.39, 0.29) is 11.8 Å². The average molecular weight is 438 g/mol. The first-order chi connectivity index (χ1) is 13.6. The van der Waals surface area contributed by atoms with Gasteiger partial charge in [-0.15, -0.1) is 0 Å². The largest absolute Gasteiger partial charge is 0.508 e. The number of phenols is 1. The normalized spacial score (nSPS) is 17.7. The third-order valence-electron chi connectivity index (χ3n) is 5.69. The van der Waals surface area contributed by atoms with Crippen LogP contribution in [0.4, 0.5) is 0 Å². The molecule has 4 heteroatoms. The molecule has 0 saturated carbocycles. The second-order valence-corrected chi connectivity index (χ2v) is 8.32. The van der Waals surface area contributed by atoms with Gasteiger partial charge in [-0.05, 0) is 42.6 Å². The van der Waals surface area contributed by atoms with E-state index >= 15 is 0 Å². The highest BCUT2D eigenvalue weighted by atomic mass is 79.9. The Bertz CT molecular complexity index is 890. The van der Waals surface area contributed by atoms with Gasteiger partial charge in [0.1, 0.15) is 11.4 Å². The lowest BCUT2D eigenvalue weighted by Gasteiger charge is -2.40. The number of likely N-dealkylation sites (tertiary alicyclic amines) is 1. The van der Waals surface area contributed by atoms with E-state index in [1.54, 1.807) is 6.07 Å². The number of hydrogen-bond donors (Lipinski definition) is 2. The summed E-state index contributed by atoms with van der Waals surface area (Å²) in [5.74, 6) is 0.281. The van der Waals surface area contributed by atoms with E-state index in [1.807, 2.05) is 72.8 Å². The Morgan fingerprint density at radius 3 is 2.11 bits per heavy atom. The average Bonchev–Trinajstić information content (AvgIpc) is 3.19. The van der Waals surface area contributed by atoms with Crippen LogP contribution in [0.3, 0.4) is 0 Å². The molecule has 3 aromatic rings. The molecule has 0 radical (unpaired) electrons. The predicted molar refractivity (Wildman–Crippen MR) is 115 cm³/mol. The molecule has 3 nitrogen and oxygen atoms in total. The Labute approximate surface area is 174 Å². The fourth-order valence-corrected chi connectivity index (χ4v) is 4.66. The summed E-state index contributed by atoms with van der Waals surface area (Å²) >= 11 is 3.40. The minimum absolute atomic E-state index is 0.0691. The lowest BCUT2D eigenvalue weighted by molar-refractivity contribution is -0.00672. The molecule has 3 aromatic carbocycles. The second kappa shape index (κ2) is 8.08. The number of halogens is 1. The molecule has 0 spiro atoms. The van der Waals surface area contributed by atoms with Crippen molar-refractivity contribution in [2.45, 2.75) is 31.0 Å². The van der Waals surface area contributed by atoms with Gasteiger partial charge in [-0.3, -0.25) is 4.90 Å². The number of aromatic hydroxyl groups is 1. The van der Waals surface area contributed by atoms with Gasteiger partial charge in [0.05, 0.1) is 0 Å². The van der Waals surface area contributed by atoms with Crippen molar-refractivity contribution in [1.29, 1.82) is 0 Å². The van der Waals surface area contributed by atoms with Gasteiger partial charge in [-0.1, -0.05) is 82.7 Å². The standard InChI is InChI=1S/C24H24BrNO2/c25-21-14-13-18(22(27)16-21)17-26-15-7-12-23(26)24(28,19-8-3-1-4-9-19)20-10-5-2-6-11-20/h1-6,8-11,13-14,16,23,27-28H,7,12,15,17H2/t23-/m1/s1. The summed E-state index contributed by atoms with van der Waals surface area (Å²) < 4.78 is 0.858. The van der Waals surface area contributed by atoms with Gasteiger partial charge in [0.2, 0.25) is 0 Å². The fraction of sp³-hybridized carbons (Fsp3) is 0.250. The molecule has 1 heterocycles. The van der Waals surface area contributed by atoms with Crippen LogP contribution in [0.15, 0.2) is 83.3 Å². The molecular weight excluding hydrogens is 414 g/mol. The summed E-state index contributed by atoms with van der Waals surface area (Å²) in [5.41, 5.74) is 1.57. The van der Waals surface area contributed by atoms with E-state index in [9.17, 15) is 10.2 Å². The minimum atomic E-state index is -1.11. The number of hydrogen-bond acceptors (Lipinski definition) is 3. The Morgan fingerprint density at radius 1 is 0.929 bits per heavy atom. The molecule has 1 aliphatic rings. The quantitative estimate of drug-likeness (QED) is 0.586. The zero-order valence-electron chi connectivity index (χ0n) is 15.6. The fourth-order valence-electron chi connectivity index (χ4n) is 4.31. The van der Waals surface area contributed by atoms with E-state index in [4.69, 9.17) is 0 Å². The van der Waals surface area contributed by atoms with Crippen molar-refractivity contribution in [3.63, 3.8) is 0 Å². The summed E-state index contributed by atoms with van der Waals surface area (Å²) in [4.78, 5) is 2.29. The van der Waals surface area contributed by atoms with Gasteiger partial charge in [-0.2, -0.15) is 0 Å². The van der Waals surface area contributed by atoms with Crippen molar-refractivity contribution in [3.05, 3.63) is 100 Å². The zero-order valence-corrected chi connectivity index (χ0v) is 17.2. The smallest absolute Gasteiger partial charge is 0.130 e. The molecule has 0 bridgehead atoms. The predicted octanol–water partition coefficient (Wildman–Crippen LogP) is 5.06. The van der Waals surface area contributed by atoms with Gasteiger partial charge >= 0.3 is 0 Å². The molecule has 4 rings (SSSR count). The number of aliphatic hydroxyl groups is 1. The topological polar surface area (TPSA) is 43.7 Å². The third kappa shape index (κ3) is 3.60. The first-order valence-electron chi connectivity index (χ1n) is 9.64. The maximum absolute atomic E-state index is 12.1. The molecule has 1 aliphatic heterocycles. The SMILES string of the molecule is Oc1cc(Br)ccc1CN1CCC[C@@H]1C(O)(c1ccccc1)c1ccccc1. The first kappa shape index (κ1) is 19.2. The summed E-state index contributed by atoms with van der Waals surface area (Å²) in [6, 6.07) is 25.4. The van der Waals surface area contributed by atoms with Crippen molar-refractivity contribution >= 4 is 15.9 Å². The molecule has 1 fully saturated rings. The van der Waals surface area contributed by atoms with Gasteiger partial charge < -0.3 is 10.2 Å². The van der Waals surface area contributed by atoms with Crippen molar-refractivity contribution < 1.29 is 10.2 Å². The summed E-state index contributed by atoms with van der Waals surface area (Å²) in [5, 5.41) is 22.5. The van der Waals surface area contributed by atoms with Gasteiger partial charge in [0, 0.05) is 22.6 Å². The molecular formula is C24H24BrNO2. The lowest BCUT2D eigenvalue weighted by Crippen LogP contribution is -2.48. The van der Waals surface area contributed by atoms with Gasteiger partial charge in [-0.25, -0.2) is 0 Å². The number of benzene rings is 3. The number of nitrogens with zero attached hydrogens (tertiary/aromatic N) is 1. The molecule has 1 saturated heterocycles. The van der Waals surface area contributed by atoms with Gasteiger partial charge in [0.15, 0.2) is 0 Å². The van der Waals surface area contributed by atoms with Crippen LogP contribution in [0.25, 0.3) is 0 Å². The van der Waals surface area contributed by atoms with Crippen LogP contribution in [0.1, 0.15) is 29.5 Å². The van der Waals surface area contributed by atoms with Crippen LogP contribution in [-0.4, -0.2) is 27.7 Å². The molecule has 0 aromatic heterocycles. The van der Waals surface area contributed by atoms with Crippen LogP contribution in [-0.2, 0) is 12.1 Å². The Kier molecular flexibility index (Phi) is 5.54. The molecule has 0 aliphatic carbocycles. The van der Waals surface area contributed by atoms with Crippen LogP contribution in [0.2, 0.25) is 0 Å². The van der Waals surface area contributed by atoms with Crippen molar-refractivity contribution in [2.24, 2.45) is 0 Å². The van der Waals surface area contributed by atoms with Crippen LogP contribution >= 0.6 is 15.9 Å². The summed E-state index contributed by atoms with van der Waals surface area (Å²) in [6.45, 7) is 1.49. The second-order valence-electron chi connectivity index (χ2n) is 7.40. The maximum atomic E-state index is 12.1. The van der Waals surface area contributed by atoms with Crippen LogP contribution in [0, 0.1) is 0 Å². The van der Waals surface area contributed by atoms with E-state index in [0.717, 1.165) is 40.5 Å². The molecule has 0 amide bonds. The van der Waals surface area contributed by atoms with E-state index < -0.39 is 5.60 Å². The first-order valence-corrected chi connectivity index (χ1v) is 10.4. The number of rotatable bonds is 5. The highest BCUT2D eigenvalue weighted by Crippen LogP contribution is 2.41. The Balaban J connectivity index is 1.73. The molecule has 1 atom stereocenters. The Hall–Kier alpha value is -2.14. The van der Waals surface area contributed by atoms with E-state index in [2.05, 4.69) is 20.8 Å². The molecule has 28 heavy (non-hydrogen) atoms. The van der Waals surface area contributed by atoms with E-state index in [1.165, 1.54) is 0 Å². The highest BCUT2D eigenvalue weighted by Gasteiger charge is 2.45. The monoisotopic (exact) mass is 437 g/mol. The van der Waals surface area contributed by atoms with Crippen molar-refractivity contribution in [1.82, 2.24) is 4.90 Å². The molecule has 144 valence electrons. The van der Waals surface area contributed by atoms with Crippen LogP contribution in [0.5, 0.6) is 5.75 Å². The molecule has 0 unspecified atom stereocenters. The zero-order chi connectivity index (χ0) is 19.6. The highest BCUT2D eigenvalue weighted by molar-refractivity contribution is 9.10. The minimum Gasteiger partial charge on any atom is -0.508 e. The van der Waals surface area contributed by atoms with E-state index in [0.29, 0.717) is 6.54 Å². The summed E-state index contributed by atoms with van der Waals surface area (Å²) in [6.07, 6.45) is 1.92. The maximum Gasteiger partial charge on any atom is 0.130 e. The molecule has 2 N–H and O–H groups in total. The lowest BCUT2D eigenvalue weighted by atomic mass is 9.79. The Morgan fingerprint density at radius 2 is 1.54 bits per heavy atom. The third-order valence-corrected chi connectivity index (χ3v) is 6.19. The van der Waals surface area contributed by atoms with Crippen molar-refractivity contribution in [3.8, 4) is 5.75 Å². The van der Waals surface area contributed by atoms with Crippen molar-refractivity contribution in [2.75, 3.05) is 6.54 Å². The number of phenolic OH excluding ortho intramolecular Hbond substituents is 1. The van der Waals surface area contributed by atoms with Crippen LogP contribution < -0.4 is 0 Å². The summed E-state index contributed by atoms with van der Waals surface area (Å²) in [7, 11) is 0. The van der Waals surface area contributed by atoms with Gasteiger partial charge in [0.25, 0.3) is 0 Å².